The molecule has 7 nitrogen and oxygen atoms in total. The highest BCUT2D eigenvalue weighted by molar-refractivity contribution is 5.90. The first-order valence-corrected chi connectivity index (χ1v) is 8.74. The van der Waals surface area contributed by atoms with Crippen LogP contribution in [-0.4, -0.2) is 42.8 Å². The molecule has 6 N–H and O–H groups in total. The average Bonchev–Trinajstić information content (AvgIpc) is 2.51. The second kappa shape index (κ2) is 12.0. The van der Waals surface area contributed by atoms with Crippen molar-refractivity contribution in [1.29, 1.82) is 0 Å². The van der Waals surface area contributed by atoms with E-state index < -0.39 is 18.1 Å². The Morgan fingerprint density at radius 3 is 2.12 bits per heavy atom. The van der Waals surface area contributed by atoms with Gasteiger partial charge in [0.25, 0.3) is 0 Å². The van der Waals surface area contributed by atoms with E-state index in [1.54, 1.807) is 0 Å². The summed E-state index contributed by atoms with van der Waals surface area (Å²) in [5.74, 6) is -0.510. The van der Waals surface area contributed by atoms with Crippen LogP contribution in [0, 0.1) is 11.8 Å². The van der Waals surface area contributed by atoms with Crippen LogP contribution in [0.15, 0.2) is 0 Å². The zero-order valence-electron chi connectivity index (χ0n) is 15.4. The van der Waals surface area contributed by atoms with Crippen LogP contribution in [0.1, 0.15) is 53.4 Å². The largest absolute Gasteiger partial charge is 0.345 e. The molecule has 0 saturated carbocycles. The molecule has 0 aliphatic heterocycles. The third kappa shape index (κ3) is 8.98. The van der Waals surface area contributed by atoms with Crippen LogP contribution in [0.2, 0.25) is 0 Å². The van der Waals surface area contributed by atoms with Crippen LogP contribution in [0.5, 0.6) is 0 Å². The molecule has 0 heterocycles. The molecule has 0 bridgehead atoms. The van der Waals surface area contributed by atoms with E-state index in [0.717, 1.165) is 19.1 Å². The van der Waals surface area contributed by atoms with Crippen molar-refractivity contribution in [3.8, 4) is 0 Å². The number of nitrogens with one attached hydrogen (secondary N) is 2. The van der Waals surface area contributed by atoms with E-state index in [1.165, 1.54) is 0 Å². The lowest BCUT2D eigenvalue weighted by molar-refractivity contribution is -0.131. The van der Waals surface area contributed by atoms with E-state index in [4.69, 9.17) is 11.5 Å². The highest BCUT2D eigenvalue weighted by Gasteiger charge is 2.27. The molecule has 0 saturated heterocycles. The minimum absolute atomic E-state index is 0.0215. The van der Waals surface area contributed by atoms with Crippen molar-refractivity contribution in [3.05, 3.63) is 0 Å². The zero-order valence-corrected chi connectivity index (χ0v) is 15.4. The van der Waals surface area contributed by atoms with Gasteiger partial charge >= 0.3 is 0 Å². The van der Waals surface area contributed by atoms with Crippen molar-refractivity contribution in [3.63, 3.8) is 0 Å². The Bertz CT molecular complexity index is 399. The maximum absolute atomic E-state index is 12.5. The van der Waals surface area contributed by atoms with E-state index in [-0.39, 0.29) is 23.7 Å². The predicted octanol–water partition coefficient (Wildman–Crippen LogP) is 0.313. The summed E-state index contributed by atoms with van der Waals surface area (Å²) in [5, 5.41) is 5.42. The molecule has 24 heavy (non-hydrogen) atoms. The minimum Gasteiger partial charge on any atom is -0.345 e. The van der Waals surface area contributed by atoms with E-state index in [1.807, 2.05) is 27.7 Å². The van der Waals surface area contributed by atoms with Crippen molar-refractivity contribution in [2.75, 3.05) is 6.54 Å². The van der Waals surface area contributed by atoms with Gasteiger partial charge in [0.15, 0.2) is 0 Å². The molecule has 3 atom stereocenters. The first-order valence-electron chi connectivity index (χ1n) is 8.74. The molecule has 140 valence electrons. The van der Waals surface area contributed by atoms with Crippen LogP contribution < -0.4 is 22.1 Å². The highest BCUT2D eigenvalue weighted by Crippen LogP contribution is 2.08. The van der Waals surface area contributed by atoms with E-state index in [2.05, 4.69) is 10.6 Å². The molecule has 2 amide bonds. The number of carbonyl (C=O) groups excluding carboxylic acids is 3. The Hall–Kier alpha value is -1.47. The molecule has 0 aliphatic rings. The predicted molar refractivity (Wildman–Crippen MR) is 95.1 cm³/mol. The first-order chi connectivity index (χ1) is 11.2. The molecule has 7 heteroatoms. The van der Waals surface area contributed by atoms with Gasteiger partial charge in [-0.3, -0.25) is 9.59 Å². The quantitative estimate of drug-likeness (QED) is 0.300. The lowest BCUT2D eigenvalue weighted by Crippen LogP contribution is -2.54. The second-order valence-electron chi connectivity index (χ2n) is 7.00. The number of amides is 2. The minimum atomic E-state index is -0.695. The van der Waals surface area contributed by atoms with Crippen molar-refractivity contribution in [2.24, 2.45) is 23.3 Å². The summed E-state index contributed by atoms with van der Waals surface area (Å²) in [4.78, 5) is 35.8. The SMILES string of the molecule is CC(C)C[C@H](NC(=O)[C@@H](N)C(C)C)C(=O)N[C@H](C=O)CCCCN. The molecule has 0 aromatic carbocycles. The van der Waals surface area contributed by atoms with Gasteiger partial charge in [-0.15, -0.1) is 0 Å². The van der Waals surface area contributed by atoms with Gasteiger partial charge in [-0.2, -0.15) is 0 Å². The second-order valence-corrected chi connectivity index (χ2v) is 7.00. The Balaban J connectivity index is 4.80. The summed E-state index contributed by atoms with van der Waals surface area (Å²) in [6.45, 7) is 8.18. The van der Waals surface area contributed by atoms with Crippen LogP contribution in [-0.2, 0) is 14.4 Å². The molecule has 0 aromatic heterocycles. The summed E-state index contributed by atoms with van der Waals surface area (Å²) >= 11 is 0. The fourth-order valence-electron chi connectivity index (χ4n) is 2.24. The van der Waals surface area contributed by atoms with Gasteiger partial charge < -0.3 is 26.9 Å². The smallest absolute Gasteiger partial charge is 0.243 e. The summed E-state index contributed by atoms with van der Waals surface area (Å²) in [7, 11) is 0. The fourth-order valence-corrected chi connectivity index (χ4v) is 2.24. The third-order valence-corrected chi connectivity index (χ3v) is 3.82. The summed E-state index contributed by atoms with van der Waals surface area (Å²) in [5.41, 5.74) is 11.3. The molecule has 0 unspecified atom stereocenters. The number of hydrogen-bond acceptors (Lipinski definition) is 5. The number of unbranched alkanes of at least 4 members (excludes halogenated alkanes) is 1. The summed E-state index contributed by atoms with van der Waals surface area (Å²) in [6, 6.07) is -1.92. The number of nitrogens with two attached hydrogens (primary N) is 2. The molecule has 0 radical (unpaired) electrons. The molecule has 0 spiro atoms. The Morgan fingerprint density at radius 1 is 1.04 bits per heavy atom. The summed E-state index contributed by atoms with van der Waals surface area (Å²) in [6.07, 6.45) is 3.31. The third-order valence-electron chi connectivity index (χ3n) is 3.82. The maximum Gasteiger partial charge on any atom is 0.243 e. The molecule has 0 aromatic rings. The molecular weight excluding hydrogens is 308 g/mol. The normalized spacial score (nSPS) is 15.0. The zero-order chi connectivity index (χ0) is 18.7. The standard InChI is InChI=1S/C17H34N4O3/c1-11(2)9-14(21-17(24)15(19)12(3)4)16(23)20-13(10-22)7-5-6-8-18/h10-15H,5-9,18-19H2,1-4H3,(H,20,23)(H,21,24)/t13-,14-,15-/m0/s1. The highest BCUT2D eigenvalue weighted by atomic mass is 16.2. The Labute approximate surface area is 145 Å². The van der Waals surface area contributed by atoms with Gasteiger partial charge in [-0.05, 0) is 44.1 Å². The van der Waals surface area contributed by atoms with Crippen molar-refractivity contribution in [2.45, 2.75) is 71.5 Å². The Morgan fingerprint density at radius 2 is 1.67 bits per heavy atom. The van der Waals surface area contributed by atoms with Gasteiger partial charge in [0.05, 0.1) is 12.1 Å². The molecular formula is C17H34N4O3. The van der Waals surface area contributed by atoms with Gasteiger partial charge in [-0.1, -0.05) is 27.7 Å². The van der Waals surface area contributed by atoms with E-state index in [9.17, 15) is 14.4 Å². The van der Waals surface area contributed by atoms with Gasteiger partial charge in [0.1, 0.15) is 12.3 Å². The van der Waals surface area contributed by atoms with Crippen molar-refractivity contribution < 1.29 is 14.4 Å². The number of rotatable bonds is 12. The summed E-state index contributed by atoms with van der Waals surface area (Å²) < 4.78 is 0. The van der Waals surface area contributed by atoms with E-state index in [0.29, 0.717) is 19.4 Å². The van der Waals surface area contributed by atoms with Crippen molar-refractivity contribution in [1.82, 2.24) is 10.6 Å². The van der Waals surface area contributed by atoms with E-state index >= 15 is 0 Å². The van der Waals surface area contributed by atoms with Crippen LogP contribution in [0.3, 0.4) is 0 Å². The van der Waals surface area contributed by atoms with Crippen molar-refractivity contribution >= 4 is 18.1 Å². The topological polar surface area (TPSA) is 127 Å². The lowest BCUT2D eigenvalue weighted by atomic mass is 10.00. The van der Waals surface area contributed by atoms with Crippen LogP contribution >= 0.6 is 0 Å². The van der Waals surface area contributed by atoms with Crippen LogP contribution in [0.4, 0.5) is 0 Å². The number of hydrogen-bond donors (Lipinski definition) is 4. The van der Waals surface area contributed by atoms with Gasteiger partial charge in [0.2, 0.25) is 11.8 Å². The monoisotopic (exact) mass is 342 g/mol. The first kappa shape index (κ1) is 22.5. The average molecular weight is 342 g/mol. The maximum atomic E-state index is 12.5. The Kier molecular flexibility index (Phi) is 11.2. The molecule has 0 aliphatic carbocycles. The van der Waals surface area contributed by atoms with Crippen LogP contribution in [0.25, 0.3) is 0 Å². The molecule has 0 rings (SSSR count). The van der Waals surface area contributed by atoms with Gasteiger partial charge in [0, 0.05) is 0 Å². The molecule has 0 fully saturated rings. The van der Waals surface area contributed by atoms with Gasteiger partial charge in [-0.25, -0.2) is 0 Å². The lowest BCUT2D eigenvalue weighted by Gasteiger charge is -2.24. The number of carbonyl (C=O) groups is 3. The fraction of sp³-hybridized carbons (Fsp3) is 0.824. The number of aldehydes is 1.